The molecule has 3 atom stereocenters. The van der Waals surface area contributed by atoms with Crippen LogP contribution < -0.4 is 0 Å². The highest BCUT2D eigenvalue weighted by atomic mass is 14.4. The first-order valence-electron chi connectivity index (χ1n) is 7.64. The maximum atomic E-state index is 2.49. The van der Waals surface area contributed by atoms with Crippen LogP contribution in [0.4, 0.5) is 0 Å². The van der Waals surface area contributed by atoms with E-state index >= 15 is 0 Å². The lowest BCUT2D eigenvalue weighted by Gasteiger charge is -2.17. The first kappa shape index (κ1) is 12.0. The topological polar surface area (TPSA) is 0 Å². The lowest BCUT2D eigenvalue weighted by molar-refractivity contribution is 0.396. The number of unbranched alkanes of at least 4 members (excludes halogenated alkanes) is 2. The summed E-state index contributed by atoms with van der Waals surface area (Å²) in [6.07, 6.45) is 14.8. The normalized spacial score (nSPS) is 29.0. The summed E-state index contributed by atoms with van der Waals surface area (Å²) >= 11 is 0. The van der Waals surface area contributed by atoms with Gasteiger partial charge in [0, 0.05) is 0 Å². The summed E-state index contributed by atoms with van der Waals surface area (Å²) in [6.45, 7) is 0. The Balaban J connectivity index is 1.30. The van der Waals surface area contributed by atoms with E-state index in [-0.39, 0.29) is 0 Å². The summed E-state index contributed by atoms with van der Waals surface area (Å²) in [6, 6.07) is 10.9. The van der Waals surface area contributed by atoms with Crippen molar-refractivity contribution in [3.05, 3.63) is 48.0 Å². The van der Waals surface area contributed by atoms with E-state index in [1.165, 1.54) is 50.5 Å². The van der Waals surface area contributed by atoms with Crippen molar-refractivity contribution in [3.8, 4) is 0 Å². The van der Waals surface area contributed by atoms with Gasteiger partial charge in [-0.3, -0.25) is 0 Å². The minimum atomic E-state index is 0.948. The molecular formula is C18H24. The standard InChI is InChI=1S/C18H24/c1-3-7-15(8-4-1)9-5-2-6-10-17-13-16-11-12-18(17)14-16/h1,3-4,7-8,11-12,16-18H,2,5-6,9-10,13-14H2. The molecule has 0 aliphatic heterocycles. The average Bonchev–Trinajstić information content (AvgIpc) is 3.02. The fourth-order valence-corrected chi connectivity index (χ4v) is 3.78. The van der Waals surface area contributed by atoms with Gasteiger partial charge in [-0.05, 0) is 55.4 Å². The number of hydrogen-bond acceptors (Lipinski definition) is 0. The van der Waals surface area contributed by atoms with Crippen LogP contribution >= 0.6 is 0 Å². The molecule has 1 aromatic carbocycles. The van der Waals surface area contributed by atoms with E-state index in [0.717, 1.165) is 17.8 Å². The highest BCUT2D eigenvalue weighted by Crippen LogP contribution is 2.45. The molecular weight excluding hydrogens is 216 g/mol. The molecule has 0 radical (unpaired) electrons. The van der Waals surface area contributed by atoms with Crippen molar-refractivity contribution in [2.75, 3.05) is 0 Å². The minimum absolute atomic E-state index is 0.948. The van der Waals surface area contributed by atoms with Gasteiger partial charge in [-0.1, -0.05) is 55.3 Å². The molecule has 1 fully saturated rings. The van der Waals surface area contributed by atoms with Crippen LogP contribution in [-0.4, -0.2) is 0 Å². The monoisotopic (exact) mass is 240 g/mol. The summed E-state index contributed by atoms with van der Waals surface area (Å²) < 4.78 is 0. The lowest BCUT2D eigenvalue weighted by atomic mass is 9.88. The van der Waals surface area contributed by atoms with Crippen LogP contribution in [0.25, 0.3) is 0 Å². The van der Waals surface area contributed by atoms with Gasteiger partial charge in [-0.15, -0.1) is 0 Å². The van der Waals surface area contributed by atoms with Crippen LogP contribution in [0.15, 0.2) is 42.5 Å². The van der Waals surface area contributed by atoms with E-state index < -0.39 is 0 Å². The zero-order valence-corrected chi connectivity index (χ0v) is 11.2. The number of fused-ring (bicyclic) bond motifs is 2. The molecule has 1 aromatic rings. The fourth-order valence-electron chi connectivity index (χ4n) is 3.78. The van der Waals surface area contributed by atoms with Gasteiger partial charge in [0.15, 0.2) is 0 Å². The van der Waals surface area contributed by atoms with Crippen molar-refractivity contribution in [3.63, 3.8) is 0 Å². The van der Waals surface area contributed by atoms with E-state index in [2.05, 4.69) is 42.5 Å². The Bertz CT molecular complexity index is 390. The van der Waals surface area contributed by atoms with Gasteiger partial charge < -0.3 is 0 Å². The second-order valence-corrected chi connectivity index (χ2v) is 6.13. The molecule has 0 N–H and O–H groups in total. The molecule has 2 aliphatic rings. The maximum Gasteiger partial charge on any atom is -0.0199 e. The van der Waals surface area contributed by atoms with E-state index in [0.29, 0.717) is 0 Å². The number of benzene rings is 1. The Kier molecular flexibility index (Phi) is 3.83. The molecule has 18 heavy (non-hydrogen) atoms. The van der Waals surface area contributed by atoms with Crippen molar-refractivity contribution in [1.29, 1.82) is 0 Å². The number of hydrogen-bond donors (Lipinski definition) is 0. The molecule has 3 rings (SSSR count). The third-order valence-corrected chi connectivity index (χ3v) is 4.80. The highest BCUT2D eigenvalue weighted by molar-refractivity contribution is 5.14. The molecule has 0 heterocycles. The molecule has 3 unspecified atom stereocenters. The van der Waals surface area contributed by atoms with Gasteiger partial charge in [-0.25, -0.2) is 0 Å². The zero-order valence-electron chi connectivity index (χ0n) is 11.2. The highest BCUT2D eigenvalue weighted by Gasteiger charge is 2.34. The number of allylic oxidation sites excluding steroid dienone is 2. The van der Waals surface area contributed by atoms with Gasteiger partial charge in [0.05, 0.1) is 0 Å². The fraction of sp³-hybridized carbons (Fsp3) is 0.556. The SMILES string of the molecule is C1=CC2CC1CC2CCCCCc1ccccc1. The average molecular weight is 240 g/mol. The molecule has 96 valence electrons. The Morgan fingerprint density at radius 1 is 0.889 bits per heavy atom. The van der Waals surface area contributed by atoms with Crippen molar-refractivity contribution >= 4 is 0 Å². The van der Waals surface area contributed by atoms with Crippen LogP contribution in [-0.2, 0) is 6.42 Å². The Hall–Kier alpha value is -1.04. The van der Waals surface area contributed by atoms with Gasteiger partial charge >= 0.3 is 0 Å². The van der Waals surface area contributed by atoms with Crippen LogP contribution in [0.2, 0.25) is 0 Å². The summed E-state index contributed by atoms with van der Waals surface area (Å²) in [5, 5.41) is 0. The van der Waals surface area contributed by atoms with E-state index in [9.17, 15) is 0 Å². The first-order valence-corrected chi connectivity index (χ1v) is 7.64. The van der Waals surface area contributed by atoms with E-state index in [1.807, 2.05) is 0 Å². The van der Waals surface area contributed by atoms with Crippen molar-refractivity contribution in [2.24, 2.45) is 17.8 Å². The van der Waals surface area contributed by atoms with Crippen molar-refractivity contribution in [2.45, 2.75) is 44.9 Å². The van der Waals surface area contributed by atoms with Gasteiger partial charge in [0.1, 0.15) is 0 Å². The summed E-state index contributed by atoms with van der Waals surface area (Å²) in [5.74, 6) is 2.92. The van der Waals surface area contributed by atoms with Crippen LogP contribution in [0.5, 0.6) is 0 Å². The van der Waals surface area contributed by atoms with Gasteiger partial charge in [-0.2, -0.15) is 0 Å². The Morgan fingerprint density at radius 3 is 2.50 bits per heavy atom. The molecule has 2 aliphatic carbocycles. The number of rotatable bonds is 6. The summed E-state index contributed by atoms with van der Waals surface area (Å²) in [4.78, 5) is 0. The Labute approximate surface area is 111 Å². The second-order valence-electron chi connectivity index (χ2n) is 6.13. The molecule has 0 nitrogen and oxygen atoms in total. The minimum Gasteiger partial charge on any atom is -0.0851 e. The van der Waals surface area contributed by atoms with E-state index in [4.69, 9.17) is 0 Å². The van der Waals surface area contributed by atoms with E-state index in [1.54, 1.807) is 0 Å². The molecule has 1 saturated carbocycles. The summed E-state index contributed by atoms with van der Waals surface area (Å²) in [5.41, 5.74) is 1.50. The Morgan fingerprint density at radius 2 is 1.78 bits per heavy atom. The predicted molar refractivity (Wildman–Crippen MR) is 77.5 cm³/mol. The largest absolute Gasteiger partial charge is 0.0851 e. The summed E-state index contributed by atoms with van der Waals surface area (Å²) in [7, 11) is 0. The van der Waals surface area contributed by atoms with Crippen molar-refractivity contribution < 1.29 is 0 Å². The van der Waals surface area contributed by atoms with Crippen LogP contribution in [0, 0.1) is 17.8 Å². The third kappa shape index (κ3) is 2.85. The molecule has 0 aromatic heterocycles. The molecule has 0 amide bonds. The zero-order chi connectivity index (χ0) is 12.2. The molecule has 2 bridgehead atoms. The molecule has 0 heteroatoms. The van der Waals surface area contributed by atoms with Crippen LogP contribution in [0.3, 0.4) is 0 Å². The number of aryl methyl sites for hydroxylation is 1. The lowest BCUT2D eigenvalue weighted by Crippen LogP contribution is -2.06. The van der Waals surface area contributed by atoms with Crippen LogP contribution in [0.1, 0.15) is 44.1 Å². The second kappa shape index (κ2) is 5.73. The van der Waals surface area contributed by atoms with Gasteiger partial charge in [0.25, 0.3) is 0 Å². The first-order chi connectivity index (χ1) is 8.92. The molecule has 0 saturated heterocycles. The smallest absolute Gasteiger partial charge is 0.0199 e. The predicted octanol–water partition coefficient (Wildman–Crippen LogP) is 5.00. The van der Waals surface area contributed by atoms with Gasteiger partial charge in [0.2, 0.25) is 0 Å². The maximum absolute atomic E-state index is 2.49. The quantitative estimate of drug-likeness (QED) is 0.485. The molecule has 0 spiro atoms. The third-order valence-electron chi connectivity index (χ3n) is 4.80. The van der Waals surface area contributed by atoms with Crippen molar-refractivity contribution in [1.82, 2.24) is 0 Å².